The Labute approximate surface area is 354 Å². The van der Waals surface area contributed by atoms with Crippen molar-refractivity contribution in [1.29, 1.82) is 0 Å². The molecule has 0 heterocycles. The molecule has 0 fully saturated rings. The van der Waals surface area contributed by atoms with E-state index in [4.69, 9.17) is 10.7 Å². The molecule has 6 rings (SSSR count). The highest BCUT2D eigenvalue weighted by molar-refractivity contribution is 5.85. The quantitative estimate of drug-likeness (QED) is 0.0667. The Kier molecular flexibility index (Phi) is 13.0. The first-order chi connectivity index (χ1) is 28.5. The normalized spacial score (nSPS) is 12.3. The van der Waals surface area contributed by atoms with Gasteiger partial charge in [-0.15, -0.1) is 14.7 Å². The molecular weight excluding hydrogens is 745 g/mol. The predicted molar refractivity (Wildman–Crippen MR) is 248 cm³/mol. The molecule has 6 aromatic carbocycles. The standard InChI is InChI=1S/C52H58N4O4/c1-27(2)39-23-43(31(9)17-47(39)54-57)51(44-24-40(28(3)4)48(55-58)18-32(44)10)37-15-13-36-22-38(16-14-35(36)21-37)52(45-25-41(29(5)6)49(56-59)19-33(45)11)46-26-42(30(7)8)50(60-53)20-34(46)12/h13-30,51-52H,53H2,1-12H3. The smallest absolute Gasteiger partial charge is 0.150 e. The second-order valence-electron chi connectivity index (χ2n) is 17.8. The fourth-order valence-corrected chi connectivity index (χ4v) is 9.01. The topological polar surface area (TPSA) is 124 Å². The number of nitroso groups, excluding NO2 is 3. The van der Waals surface area contributed by atoms with Crippen LogP contribution >= 0.6 is 0 Å². The van der Waals surface area contributed by atoms with E-state index in [0.29, 0.717) is 22.8 Å². The van der Waals surface area contributed by atoms with Gasteiger partial charge < -0.3 is 4.84 Å². The Morgan fingerprint density at radius 3 is 0.983 bits per heavy atom. The van der Waals surface area contributed by atoms with E-state index in [2.05, 4.69) is 145 Å². The number of nitrogens with two attached hydrogens (primary N) is 1. The third-order valence-electron chi connectivity index (χ3n) is 12.4. The zero-order valence-corrected chi connectivity index (χ0v) is 37.1. The summed E-state index contributed by atoms with van der Waals surface area (Å²) in [5.41, 5.74) is 15.7. The highest BCUT2D eigenvalue weighted by atomic mass is 16.6. The molecule has 0 spiro atoms. The van der Waals surface area contributed by atoms with E-state index in [1.807, 2.05) is 38.1 Å². The average Bonchev–Trinajstić information content (AvgIpc) is 3.21. The largest absolute Gasteiger partial charge is 0.411 e. The second kappa shape index (κ2) is 17.8. The van der Waals surface area contributed by atoms with Crippen LogP contribution in [0, 0.1) is 42.4 Å². The van der Waals surface area contributed by atoms with Gasteiger partial charge in [0, 0.05) is 11.8 Å². The summed E-state index contributed by atoms with van der Waals surface area (Å²) in [4.78, 5) is 41.5. The Bertz CT molecular complexity index is 2550. The molecule has 1 atom stereocenters. The van der Waals surface area contributed by atoms with Crippen molar-refractivity contribution in [3.8, 4) is 5.75 Å². The van der Waals surface area contributed by atoms with Gasteiger partial charge in [-0.05, 0) is 180 Å². The molecule has 1 unspecified atom stereocenters. The van der Waals surface area contributed by atoms with Gasteiger partial charge in [-0.3, -0.25) is 0 Å². The molecule has 0 amide bonds. The minimum atomic E-state index is -0.208. The van der Waals surface area contributed by atoms with Gasteiger partial charge in [-0.25, -0.2) is 0 Å². The fourth-order valence-electron chi connectivity index (χ4n) is 9.01. The van der Waals surface area contributed by atoms with Crippen LogP contribution in [-0.2, 0) is 0 Å². The van der Waals surface area contributed by atoms with Gasteiger partial charge in [0.1, 0.15) is 17.1 Å². The van der Waals surface area contributed by atoms with E-state index in [1.54, 1.807) is 0 Å². The van der Waals surface area contributed by atoms with Crippen LogP contribution in [0.1, 0.15) is 169 Å². The summed E-state index contributed by atoms with van der Waals surface area (Å²) in [6.45, 7) is 25.0. The van der Waals surface area contributed by atoms with Crippen molar-refractivity contribution in [2.24, 2.45) is 21.4 Å². The molecule has 8 nitrogen and oxygen atoms in total. The predicted octanol–water partition coefficient (Wildman–Crippen LogP) is 15.4. The molecule has 0 radical (unpaired) electrons. The van der Waals surface area contributed by atoms with E-state index in [1.165, 1.54) is 0 Å². The molecule has 2 N–H and O–H groups in total. The second-order valence-corrected chi connectivity index (χ2v) is 17.8. The number of nitrogens with zero attached hydrogens (tertiary/aromatic N) is 3. The number of aryl methyl sites for hydroxylation is 4. The van der Waals surface area contributed by atoms with Crippen molar-refractivity contribution in [2.75, 3.05) is 0 Å². The third-order valence-corrected chi connectivity index (χ3v) is 12.4. The average molecular weight is 803 g/mol. The molecule has 6 aromatic rings. The summed E-state index contributed by atoms with van der Waals surface area (Å²) in [6.07, 6.45) is 0. The maximum absolute atomic E-state index is 12.0. The zero-order valence-electron chi connectivity index (χ0n) is 37.1. The zero-order chi connectivity index (χ0) is 43.7. The minimum Gasteiger partial charge on any atom is -0.411 e. The highest BCUT2D eigenvalue weighted by Gasteiger charge is 2.28. The maximum atomic E-state index is 12.0. The van der Waals surface area contributed by atoms with Crippen LogP contribution in [0.25, 0.3) is 10.8 Å². The van der Waals surface area contributed by atoms with Gasteiger partial charge in [-0.1, -0.05) is 116 Å². The number of hydrogen-bond donors (Lipinski definition) is 1. The molecule has 0 aliphatic rings. The van der Waals surface area contributed by atoms with Crippen molar-refractivity contribution in [2.45, 2.75) is 119 Å². The summed E-state index contributed by atoms with van der Waals surface area (Å²) in [6, 6.07) is 29.8. The molecule has 0 saturated carbocycles. The van der Waals surface area contributed by atoms with Gasteiger partial charge >= 0.3 is 0 Å². The Hall–Kier alpha value is -5.86. The van der Waals surface area contributed by atoms with Gasteiger partial charge in [0.2, 0.25) is 0 Å². The maximum Gasteiger partial charge on any atom is 0.150 e. The number of benzene rings is 6. The van der Waals surface area contributed by atoms with E-state index in [0.717, 1.165) is 88.7 Å². The SMILES string of the molecule is Cc1cc(N=O)c(C(C)C)cc1C(c1ccc2cc(C(c3cc(C(C)C)c(N=O)cc3C)c3cc(C(C)C)c(ON)cc3C)ccc2c1)c1cc(C(C)C)c(N=O)cc1C. The number of rotatable bonds is 14. The first kappa shape index (κ1) is 43.7. The lowest BCUT2D eigenvalue weighted by atomic mass is 9.77. The molecule has 8 heteroatoms. The van der Waals surface area contributed by atoms with Crippen LogP contribution in [-0.4, -0.2) is 0 Å². The van der Waals surface area contributed by atoms with Crippen LogP contribution in [0.15, 0.2) is 100 Å². The Morgan fingerprint density at radius 1 is 0.400 bits per heavy atom. The van der Waals surface area contributed by atoms with Gasteiger partial charge in [0.05, 0.1) is 0 Å². The molecule has 0 bridgehead atoms. The monoisotopic (exact) mass is 802 g/mol. The van der Waals surface area contributed by atoms with E-state index in [-0.39, 0.29) is 35.5 Å². The van der Waals surface area contributed by atoms with Crippen molar-refractivity contribution in [3.05, 3.63) is 178 Å². The van der Waals surface area contributed by atoms with Crippen LogP contribution in [0.2, 0.25) is 0 Å². The summed E-state index contributed by atoms with van der Waals surface area (Å²) in [5.74, 6) is 6.50. The van der Waals surface area contributed by atoms with Gasteiger partial charge in [0.25, 0.3) is 0 Å². The molecule has 310 valence electrons. The highest BCUT2D eigenvalue weighted by Crippen LogP contribution is 2.46. The molecule has 0 saturated heterocycles. The summed E-state index contributed by atoms with van der Waals surface area (Å²) in [5, 5.41) is 12.4. The van der Waals surface area contributed by atoms with Gasteiger partial charge in [0.15, 0.2) is 5.75 Å². The van der Waals surface area contributed by atoms with Crippen LogP contribution < -0.4 is 10.7 Å². The Morgan fingerprint density at radius 2 is 0.700 bits per heavy atom. The first-order valence-electron chi connectivity index (χ1n) is 21.0. The molecule has 0 aliphatic heterocycles. The van der Waals surface area contributed by atoms with Crippen molar-refractivity contribution in [1.82, 2.24) is 0 Å². The third kappa shape index (κ3) is 8.30. The van der Waals surface area contributed by atoms with Crippen LogP contribution in [0.4, 0.5) is 17.1 Å². The lowest BCUT2D eigenvalue weighted by Crippen LogP contribution is -2.12. The molecule has 0 aliphatic carbocycles. The van der Waals surface area contributed by atoms with Crippen molar-refractivity contribution < 1.29 is 4.84 Å². The minimum absolute atomic E-state index is 0.0834. The van der Waals surface area contributed by atoms with Crippen molar-refractivity contribution >= 4 is 27.8 Å². The molecule has 60 heavy (non-hydrogen) atoms. The molecule has 0 aromatic heterocycles. The molecular formula is C52H58N4O4. The van der Waals surface area contributed by atoms with Crippen LogP contribution in [0.3, 0.4) is 0 Å². The van der Waals surface area contributed by atoms with E-state index >= 15 is 0 Å². The first-order valence-corrected chi connectivity index (χ1v) is 21.0. The summed E-state index contributed by atoms with van der Waals surface area (Å²) >= 11 is 0. The fraction of sp³-hybridized carbons (Fsp3) is 0.346. The number of fused-ring (bicyclic) bond motifs is 1. The lowest BCUT2D eigenvalue weighted by molar-refractivity contribution is 0.329. The summed E-state index contributed by atoms with van der Waals surface area (Å²) in [7, 11) is 0. The van der Waals surface area contributed by atoms with Crippen LogP contribution in [0.5, 0.6) is 5.75 Å². The van der Waals surface area contributed by atoms with Gasteiger partial charge in [-0.2, -0.15) is 5.90 Å². The lowest BCUT2D eigenvalue weighted by Gasteiger charge is -2.27. The Balaban J connectivity index is 1.61. The summed E-state index contributed by atoms with van der Waals surface area (Å²) < 4.78 is 0. The van der Waals surface area contributed by atoms with E-state index < -0.39 is 0 Å². The number of hydrogen-bond acceptors (Lipinski definition) is 8. The van der Waals surface area contributed by atoms with Crippen molar-refractivity contribution in [3.63, 3.8) is 0 Å². The van der Waals surface area contributed by atoms with E-state index in [9.17, 15) is 14.7 Å².